The molecule has 0 radical (unpaired) electrons. The Morgan fingerprint density at radius 3 is 2.32 bits per heavy atom. The van der Waals surface area contributed by atoms with Gasteiger partial charge < -0.3 is 10.6 Å². The Labute approximate surface area is 123 Å². The van der Waals surface area contributed by atoms with Gasteiger partial charge in [0.1, 0.15) is 0 Å². The maximum Gasteiger partial charge on any atom is 0.242 e. The first-order chi connectivity index (χ1) is 8.62. The van der Waals surface area contributed by atoms with Gasteiger partial charge in [0.15, 0.2) is 0 Å². The number of amides is 1. The average molecular weight is 289 g/mol. The van der Waals surface area contributed by atoms with Gasteiger partial charge in [0, 0.05) is 13.6 Å². The number of hydrogen-bond donors (Lipinski definition) is 1. The summed E-state index contributed by atoms with van der Waals surface area (Å²) >= 11 is 0. The van der Waals surface area contributed by atoms with Crippen LogP contribution in [0.3, 0.4) is 0 Å². The van der Waals surface area contributed by atoms with Crippen LogP contribution < -0.4 is 5.73 Å². The minimum atomic E-state index is -0.540. The predicted octanol–water partition coefficient (Wildman–Crippen LogP) is 3.11. The molecule has 0 bridgehead atoms. The minimum Gasteiger partial charge on any atom is -0.344 e. The zero-order chi connectivity index (χ0) is 13.0. The van der Waals surface area contributed by atoms with Gasteiger partial charge >= 0.3 is 0 Å². The molecule has 0 spiro atoms. The summed E-state index contributed by atoms with van der Waals surface area (Å²) in [4.78, 5) is 14.2. The highest BCUT2D eigenvalue weighted by molar-refractivity contribution is 5.86. The van der Waals surface area contributed by atoms with Crippen molar-refractivity contribution in [2.24, 2.45) is 11.7 Å². The number of nitrogens with zero attached hydrogens (tertiary/aromatic N) is 1. The summed E-state index contributed by atoms with van der Waals surface area (Å²) in [7, 11) is 1.93. The number of likely N-dealkylation sites (N-methyl/N-ethyl adjacent to an activating group) is 1. The van der Waals surface area contributed by atoms with Crippen molar-refractivity contribution in [3.05, 3.63) is 0 Å². The Kier molecular flexibility index (Phi) is 6.61. The first kappa shape index (κ1) is 16.8. The molecule has 19 heavy (non-hydrogen) atoms. The normalized spacial score (nSPS) is 22.8. The fraction of sp³-hybridized carbons (Fsp3) is 0.933. The van der Waals surface area contributed by atoms with Crippen molar-refractivity contribution in [1.29, 1.82) is 0 Å². The lowest BCUT2D eigenvalue weighted by Gasteiger charge is -2.30. The van der Waals surface area contributed by atoms with Gasteiger partial charge in [-0.1, -0.05) is 44.9 Å². The third kappa shape index (κ3) is 4.35. The third-order valence-electron chi connectivity index (χ3n) is 4.87. The van der Waals surface area contributed by atoms with E-state index in [0.717, 1.165) is 38.1 Å². The number of rotatable bonds is 4. The number of hydrogen-bond acceptors (Lipinski definition) is 2. The molecule has 0 aromatic heterocycles. The van der Waals surface area contributed by atoms with Crippen LogP contribution in [0, 0.1) is 5.92 Å². The molecule has 112 valence electrons. The molecular formula is C15H29ClN2O. The highest BCUT2D eigenvalue weighted by Crippen LogP contribution is 2.30. The molecule has 2 N–H and O–H groups in total. The van der Waals surface area contributed by atoms with Gasteiger partial charge in [-0.3, -0.25) is 4.79 Å². The van der Waals surface area contributed by atoms with Crippen LogP contribution in [0.4, 0.5) is 0 Å². The first-order valence-corrected chi connectivity index (χ1v) is 7.66. The SMILES string of the molecule is CN(CCC1CCCCC1)C(=O)C1(N)CCCC1.Cl. The van der Waals surface area contributed by atoms with E-state index in [2.05, 4.69) is 0 Å². The quantitative estimate of drug-likeness (QED) is 0.864. The molecule has 0 saturated heterocycles. The monoisotopic (exact) mass is 288 g/mol. The van der Waals surface area contributed by atoms with Gasteiger partial charge in [-0.25, -0.2) is 0 Å². The van der Waals surface area contributed by atoms with Crippen LogP contribution in [0.25, 0.3) is 0 Å². The summed E-state index contributed by atoms with van der Waals surface area (Å²) in [5.41, 5.74) is 5.68. The van der Waals surface area contributed by atoms with E-state index in [1.54, 1.807) is 0 Å². The van der Waals surface area contributed by atoms with Crippen molar-refractivity contribution in [3.8, 4) is 0 Å². The fourth-order valence-electron chi connectivity index (χ4n) is 3.55. The van der Waals surface area contributed by atoms with Crippen LogP contribution in [0.1, 0.15) is 64.2 Å². The van der Waals surface area contributed by atoms with Crippen LogP contribution in [0.15, 0.2) is 0 Å². The lowest BCUT2D eigenvalue weighted by molar-refractivity contribution is -0.135. The van der Waals surface area contributed by atoms with E-state index in [-0.39, 0.29) is 18.3 Å². The van der Waals surface area contributed by atoms with Crippen LogP contribution in [-0.4, -0.2) is 29.9 Å². The van der Waals surface area contributed by atoms with Crippen molar-refractivity contribution in [1.82, 2.24) is 4.90 Å². The molecule has 2 rings (SSSR count). The molecule has 2 fully saturated rings. The first-order valence-electron chi connectivity index (χ1n) is 7.66. The summed E-state index contributed by atoms with van der Waals surface area (Å²) < 4.78 is 0. The minimum absolute atomic E-state index is 0. The summed E-state index contributed by atoms with van der Waals surface area (Å²) in [6.45, 7) is 0.891. The van der Waals surface area contributed by atoms with E-state index < -0.39 is 5.54 Å². The zero-order valence-electron chi connectivity index (χ0n) is 12.2. The fourth-order valence-corrected chi connectivity index (χ4v) is 3.55. The molecular weight excluding hydrogens is 260 g/mol. The molecule has 2 aliphatic rings. The molecule has 4 heteroatoms. The Bertz CT molecular complexity index is 284. The largest absolute Gasteiger partial charge is 0.344 e. The van der Waals surface area contributed by atoms with E-state index in [0.29, 0.717) is 0 Å². The second-order valence-electron chi connectivity index (χ2n) is 6.38. The Balaban J connectivity index is 0.00000180. The van der Waals surface area contributed by atoms with Crippen LogP contribution in [0.2, 0.25) is 0 Å². The van der Waals surface area contributed by atoms with Gasteiger partial charge in [0.2, 0.25) is 5.91 Å². The van der Waals surface area contributed by atoms with Crippen LogP contribution >= 0.6 is 12.4 Å². The molecule has 3 nitrogen and oxygen atoms in total. The molecule has 0 heterocycles. The van der Waals surface area contributed by atoms with E-state index in [1.165, 1.54) is 38.5 Å². The number of halogens is 1. The van der Waals surface area contributed by atoms with E-state index >= 15 is 0 Å². The molecule has 2 saturated carbocycles. The average Bonchev–Trinajstić information content (AvgIpc) is 2.84. The topological polar surface area (TPSA) is 46.3 Å². The standard InChI is InChI=1S/C15H28N2O.ClH/c1-17(12-9-13-7-3-2-4-8-13)14(18)15(16)10-5-6-11-15;/h13H,2-12,16H2,1H3;1H. The van der Waals surface area contributed by atoms with E-state index in [4.69, 9.17) is 5.73 Å². The molecule has 2 aliphatic carbocycles. The van der Waals surface area contributed by atoms with E-state index in [1.807, 2.05) is 11.9 Å². The summed E-state index contributed by atoms with van der Waals surface area (Å²) in [5.74, 6) is 1.02. The third-order valence-corrected chi connectivity index (χ3v) is 4.87. The Morgan fingerprint density at radius 1 is 1.16 bits per heavy atom. The maximum absolute atomic E-state index is 12.3. The zero-order valence-corrected chi connectivity index (χ0v) is 13.0. The highest BCUT2D eigenvalue weighted by atomic mass is 35.5. The molecule has 0 aromatic carbocycles. The van der Waals surface area contributed by atoms with Crippen molar-refractivity contribution in [3.63, 3.8) is 0 Å². The second-order valence-corrected chi connectivity index (χ2v) is 6.38. The van der Waals surface area contributed by atoms with Crippen molar-refractivity contribution in [2.45, 2.75) is 69.7 Å². The number of nitrogens with two attached hydrogens (primary N) is 1. The molecule has 0 unspecified atom stereocenters. The van der Waals surface area contributed by atoms with Gasteiger partial charge in [-0.15, -0.1) is 12.4 Å². The molecule has 0 aliphatic heterocycles. The van der Waals surface area contributed by atoms with Crippen LogP contribution in [0.5, 0.6) is 0 Å². The van der Waals surface area contributed by atoms with Gasteiger partial charge in [-0.05, 0) is 25.2 Å². The Hall–Kier alpha value is -0.280. The number of carbonyl (C=O) groups is 1. The highest BCUT2D eigenvalue weighted by Gasteiger charge is 2.38. The van der Waals surface area contributed by atoms with E-state index in [9.17, 15) is 4.79 Å². The second kappa shape index (κ2) is 7.49. The summed E-state index contributed by atoms with van der Waals surface area (Å²) in [5, 5.41) is 0. The van der Waals surface area contributed by atoms with Gasteiger partial charge in [0.05, 0.1) is 5.54 Å². The smallest absolute Gasteiger partial charge is 0.242 e. The van der Waals surface area contributed by atoms with Crippen molar-refractivity contribution >= 4 is 18.3 Å². The Morgan fingerprint density at radius 2 is 1.74 bits per heavy atom. The van der Waals surface area contributed by atoms with Crippen molar-refractivity contribution in [2.75, 3.05) is 13.6 Å². The number of carbonyl (C=O) groups excluding carboxylic acids is 1. The predicted molar refractivity (Wildman–Crippen MR) is 81.5 cm³/mol. The summed E-state index contributed by atoms with van der Waals surface area (Å²) in [6.07, 6.45) is 12.0. The van der Waals surface area contributed by atoms with Crippen molar-refractivity contribution < 1.29 is 4.79 Å². The molecule has 1 amide bonds. The molecule has 0 aromatic rings. The lowest BCUT2D eigenvalue weighted by Crippen LogP contribution is -2.52. The van der Waals surface area contributed by atoms with Gasteiger partial charge in [0.25, 0.3) is 0 Å². The summed E-state index contributed by atoms with van der Waals surface area (Å²) in [6, 6.07) is 0. The van der Waals surface area contributed by atoms with Crippen LogP contribution in [-0.2, 0) is 4.79 Å². The molecule has 0 atom stereocenters. The van der Waals surface area contributed by atoms with Gasteiger partial charge in [-0.2, -0.15) is 0 Å². The maximum atomic E-state index is 12.3. The lowest BCUT2D eigenvalue weighted by atomic mass is 9.87.